The van der Waals surface area contributed by atoms with Crippen LogP contribution in [0.25, 0.3) is 0 Å². The summed E-state index contributed by atoms with van der Waals surface area (Å²) in [5, 5.41) is 5.38. The number of fused-ring (bicyclic) bond motifs is 1. The Kier molecular flexibility index (Phi) is 6.26. The molecule has 0 spiro atoms. The van der Waals surface area contributed by atoms with Crippen LogP contribution < -0.4 is 10.6 Å². The van der Waals surface area contributed by atoms with Gasteiger partial charge in [-0.15, -0.1) is 0 Å². The van der Waals surface area contributed by atoms with Crippen LogP contribution in [0.2, 0.25) is 0 Å². The monoisotopic (exact) mass is 467 g/mol. The topological polar surface area (TPSA) is 95.6 Å². The molecule has 2 N–H and O–H groups in total. The van der Waals surface area contributed by atoms with Crippen molar-refractivity contribution in [3.8, 4) is 0 Å². The Morgan fingerprint density at radius 3 is 2.09 bits per heavy atom. The minimum absolute atomic E-state index is 0.0492. The zero-order chi connectivity index (χ0) is 23.6. The van der Waals surface area contributed by atoms with Gasteiger partial charge in [-0.3, -0.25) is 9.59 Å². The molecule has 3 aromatic carbocycles. The van der Waals surface area contributed by atoms with E-state index in [1.165, 1.54) is 25.1 Å². The highest BCUT2D eigenvalue weighted by Gasteiger charge is 2.40. The first-order valence-corrected chi connectivity index (χ1v) is 11.7. The number of hydrogen-bond donors (Lipinski definition) is 2. The van der Waals surface area contributed by atoms with Gasteiger partial charge in [0.05, 0.1) is 0 Å². The SMILES string of the molecule is CC(=O)Nc1ccc(NC(=O)[C@H]2Cc3ccccc3CN2S(=O)(=O)c2ccccc2F)cc1. The molecule has 1 aliphatic heterocycles. The quantitative estimate of drug-likeness (QED) is 0.600. The van der Waals surface area contributed by atoms with Crippen molar-refractivity contribution in [1.29, 1.82) is 0 Å². The van der Waals surface area contributed by atoms with Gasteiger partial charge in [0, 0.05) is 24.8 Å². The van der Waals surface area contributed by atoms with E-state index in [2.05, 4.69) is 10.6 Å². The average Bonchev–Trinajstić information content (AvgIpc) is 2.79. The number of nitrogens with one attached hydrogen (secondary N) is 2. The number of rotatable bonds is 5. The van der Waals surface area contributed by atoms with Crippen LogP contribution in [0.1, 0.15) is 18.1 Å². The Labute approximate surface area is 191 Å². The van der Waals surface area contributed by atoms with E-state index in [0.29, 0.717) is 11.4 Å². The molecule has 1 aliphatic rings. The van der Waals surface area contributed by atoms with Gasteiger partial charge in [0.1, 0.15) is 16.8 Å². The molecule has 2 amide bonds. The van der Waals surface area contributed by atoms with Gasteiger partial charge in [0.15, 0.2) is 0 Å². The molecule has 0 saturated heterocycles. The highest BCUT2D eigenvalue weighted by atomic mass is 32.2. The number of nitrogens with zero attached hydrogens (tertiary/aromatic N) is 1. The van der Waals surface area contributed by atoms with Gasteiger partial charge >= 0.3 is 0 Å². The molecule has 4 rings (SSSR count). The largest absolute Gasteiger partial charge is 0.326 e. The standard InChI is InChI=1S/C24H22FN3O4S/c1-16(29)26-19-10-12-20(13-11-19)27-24(30)22-14-17-6-2-3-7-18(17)15-28(22)33(31,32)23-9-5-4-8-21(23)25/h2-13,22H,14-15H2,1H3,(H,26,29)(H,27,30)/t22-/m1/s1. The van der Waals surface area contributed by atoms with Crippen LogP contribution in [-0.2, 0) is 32.6 Å². The van der Waals surface area contributed by atoms with Crippen LogP contribution in [0.4, 0.5) is 15.8 Å². The highest BCUT2D eigenvalue weighted by molar-refractivity contribution is 7.89. The molecule has 33 heavy (non-hydrogen) atoms. The first-order valence-electron chi connectivity index (χ1n) is 10.3. The van der Waals surface area contributed by atoms with Crippen LogP contribution in [0.3, 0.4) is 0 Å². The molecule has 0 fully saturated rings. The summed E-state index contributed by atoms with van der Waals surface area (Å²) in [5.41, 5.74) is 2.63. The van der Waals surface area contributed by atoms with Crippen LogP contribution in [0.5, 0.6) is 0 Å². The normalized spacial score (nSPS) is 16.0. The van der Waals surface area contributed by atoms with Gasteiger partial charge in [0.25, 0.3) is 0 Å². The maximum atomic E-state index is 14.4. The number of halogens is 1. The van der Waals surface area contributed by atoms with Crippen LogP contribution in [0, 0.1) is 5.82 Å². The van der Waals surface area contributed by atoms with Crippen molar-refractivity contribution in [2.24, 2.45) is 0 Å². The molecular formula is C24H22FN3O4S. The number of anilines is 2. The maximum absolute atomic E-state index is 14.4. The van der Waals surface area contributed by atoms with Crippen LogP contribution >= 0.6 is 0 Å². The minimum atomic E-state index is -4.29. The molecule has 3 aromatic rings. The second kappa shape index (κ2) is 9.13. The van der Waals surface area contributed by atoms with Crippen LogP contribution in [0.15, 0.2) is 77.7 Å². The summed E-state index contributed by atoms with van der Waals surface area (Å²) in [4.78, 5) is 23.9. The molecule has 1 heterocycles. The molecule has 0 aliphatic carbocycles. The summed E-state index contributed by atoms with van der Waals surface area (Å²) in [6.45, 7) is 1.34. The van der Waals surface area contributed by atoms with E-state index in [-0.39, 0.29) is 18.9 Å². The predicted molar refractivity (Wildman–Crippen MR) is 122 cm³/mol. The number of carbonyl (C=O) groups excluding carboxylic acids is 2. The Bertz CT molecular complexity index is 1310. The fourth-order valence-electron chi connectivity index (χ4n) is 3.82. The van der Waals surface area contributed by atoms with Crippen molar-refractivity contribution in [1.82, 2.24) is 4.31 Å². The molecule has 0 radical (unpaired) electrons. The highest BCUT2D eigenvalue weighted by Crippen LogP contribution is 2.30. The smallest absolute Gasteiger partial charge is 0.247 e. The molecule has 0 unspecified atom stereocenters. The molecule has 0 bridgehead atoms. The summed E-state index contributed by atoms with van der Waals surface area (Å²) in [6, 6.07) is 17.8. The summed E-state index contributed by atoms with van der Waals surface area (Å²) in [7, 11) is -4.29. The number of carbonyl (C=O) groups is 2. The second-order valence-corrected chi connectivity index (χ2v) is 9.58. The molecule has 1 atom stereocenters. The summed E-state index contributed by atoms with van der Waals surface area (Å²) in [6.07, 6.45) is 0.152. The van der Waals surface area contributed by atoms with Crippen molar-refractivity contribution in [2.75, 3.05) is 10.6 Å². The van der Waals surface area contributed by atoms with Crippen molar-refractivity contribution < 1.29 is 22.4 Å². The molecule has 9 heteroatoms. The van der Waals surface area contributed by atoms with E-state index in [1.54, 1.807) is 36.4 Å². The lowest BCUT2D eigenvalue weighted by Gasteiger charge is -2.35. The van der Waals surface area contributed by atoms with Crippen molar-refractivity contribution in [3.63, 3.8) is 0 Å². The van der Waals surface area contributed by atoms with E-state index in [0.717, 1.165) is 21.5 Å². The lowest BCUT2D eigenvalue weighted by molar-refractivity contribution is -0.120. The van der Waals surface area contributed by atoms with E-state index in [1.807, 2.05) is 12.1 Å². The Morgan fingerprint density at radius 2 is 1.45 bits per heavy atom. The fraction of sp³-hybridized carbons (Fsp3) is 0.167. The lowest BCUT2D eigenvalue weighted by atomic mass is 9.95. The maximum Gasteiger partial charge on any atom is 0.247 e. The van der Waals surface area contributed by atoms with Gasteiger partial charge in [0.2, 0.25) is 21.8 Å². The average molecular weight is 468 g/mol. The molecule has 0 aromatic heterocycles. The van der Waals surface area contributed by atoms with E-state index < -0.39 is 32.7 Å². The Morgan fingerprint density at radius 1 is 0.879 bits per heavy atom. The van der Waals surface area contributed by atoms with Gasteiger partial charge in [-0.2, -0.15) is 4.31 Å². The number of amides is 2. The van der Waals surface area contributed by atoms with Gasteiger partial charge in [-0.25, -0.2) is 12.8 Å². The van der Waals surface area contributed by atoms with Gasteiger partial charge in [-0.1, -0.05) is 36.4 Å². The first kappa shape index (κ1) is 22.6. The third kappa shape index (κ3) is 4.79. The third-order valence-corrected chi connectivity index (χ3v) is 7.29. The molecule has 7 nitrogen and oxygen atoms in total. The molecular weight excluding hydrogens is 445 g/mol. The van der Waals surface area contributed by atoms with Crippen LogP contribution in [-0.4, -0.2) is 30.6 Å². The van der Waals surface area contributed by atoms with E-state index in [9.17, 15) is 22.4 Å². The third-order valence-electron chi connectivity index (χ3n) is 5.40. The summed E-state index contributed by atoms with van der Waals surface area (Å²) < 4.78 is 42.2. The van der Waals surface area contributed by atoms with E-state index >= 15 is 0 Å². The second-order valence-electron chi connectivity index (χ2n) is 7.72. The minimum Gasteiger partial charge on any atom is -0.326 e. The van der Waals surface area contributed by atoms with Crippen molar-refractivity contribution >= 4 is 33.2 Å². The van der Waals surface area contributed by atoms with Crippen molar-refractivity contribution in [3.05, 3.63) is 89.7 Å². The lowest BCUT2D eigenvalue weighted by Crippen LogP contribution is -2.50. The van der Waals surface area contributed by atoms with Crippen molar-refractivity contribution in [2.45, 2.75) is 30.8 Å². The van der Waals surface area contributed by atoms with Gasteiger partial charge < -0.3 is 10.6 Å². The first-order chi connectivity index (χ1) is 15.8. The Hall–Kier alpha value is -3.56. The summed E-state index contributed by atoms with van der Waals surface area (Å²) >= 11 is 0. The number of hydrogen-bond acceptors (Lipinski definition) is 4. The zero-order valence-corrected chi connectivity index (χ0v) is 18.6. The summed E-state index contributed by atoms with van der Waals surface area (Å²) in [5.74, 6) is -1.62. The zero-order valence-electron chi connectivity index (χ0n) is 17.8. The number of benzene rings is 3. The molecule has 0 saturated carbocycles. The number of sulfonamides is 1. The Balaban J connectivity index is 1.66. The molecule has 170 valence electrons. The fourth-order valence-corrected chi connectivity index (χ4v) is 5.45. The van der Waals surface area contributed by atoms with E-state index in [4.69, 9.17) is 0 Å². The van der Waals surface area contributed by atoms with Gasteiger partial charge in [-0.05, 0) is 53.9 Å². The predicted octanol–water partition coefficient (Wildman–Crippen LogP) is 3.54.